The van der Waals surface area contributed by atoms with Crippen molar-refractivity contribution in [3.63, 3.8) is 0 Å². The predicted octanol–water partition coefficient (Wildman–Crippen LogP) is 4.10. The van der Waals surface area contributed by atoms with Gasteiger partial charge in [0.15, 0.2) is 11.7 Å². The number of anilines is 1. The van der Waals surface area contributed by atoms with Crippen molar-refractivity contribution in [3.8, 4) is 17.0 Å². The Hall–Kier alpha value is -3.67. The van der Waals surface area contributed by atoms with Gasteiger partial charge in [-0.2, -0.15) is 0 Å². The summed E-state index contributed by atoms with van der Waals surface area (Å²) < 4.78 is 7.63. The number of imidazole rings is 1. The predicted molar refractivity (Wildman–Crippen MR) is 102 cm³/mol. The molecule has 27 heavy (non-hydrogen) atoms. The highest BCUT2D eigenvalue weighted by Gasteiger charge is 2.09. The first-order valence-electron chi connectivity index (χ1n) is 8.66. The summed E-state index contributed by atoms with van der Waals surface area (Å²) in [6.07, 6.45) is 7.77. The van der Waals surface area contributed by atoms with Gasteiger partial charge < -0.3 is 14.3 Å². The fourth-order valence-corrected chi connectivity index (χ4v) is 2.73. The second-order valence-corrected chi connectivity index (χ2v) is 6.05. The van der Waals surface area contributed by atoms with Crippen LogP contribution in [0.15, 0.2) is 83.9 Å². The molecule has 0 aliphatic carbocycles. The SMILES string of the molecule is O=C(CCc1ncc(-c2ccccc2)o1)Nc1ccc(-n2ccnc2)cc1. The van der Waals surface area contributed by atoms with Crippen LogP contribution in [0.3, 0.4) is 0 Å². The number of aryl methyl sites for hydroxylation is 1. The Balaban J connectivity index is 1.32. The van der Waals surface area contributed by atoms with Crippen molar-refractivity contribution in [3.05, 3.63) is 85.4 Å². The van der Waals surface area contributed by atoms with Crippen molar-refractivity contribution in [1.82, 2.24) is 14.5 Å². The number of nitrogens with zero attached hydrogens (tertiary/aromatic N) is 3. The van der Waals surface area contributed by atoms with Crippen LogP contribution in [0.4, 0.5) is 5.69 Å². The normalized spacial score (nSPS) is 10.7. The molecule has 1 N–H and O–H groups in total. The zero-order chi connectivity index (χ0) is 18.5. The zero-order valence-electron chi connectivity index (χ0n) is 14.6. The second-order valence-electron chi connectivity index (χ2n) is 6.05. The van der Waals surface area contributed by atoms with Gasteiger partial charge in [-0.15, -0.1) is 0 Å². The third kappa shape index (κ3) is 4.12. The number of carbonyl (C=O) groups is 1. The van der Waals surface area contributed by atoms with Crippen molar-refractivity contribution in [1.29, 1.82) is 0 Å². The first-order valence-corrected chi connectivity index (χ1v) is 8.66. The molecule has 2 heterocycles. The lowest BCUT2D eigenvalue weighted by molar-refractivity contribution is -0.116. The monoisotopic (exact) mass is 358 g/mol. The fourth-order valence-electron chi connectivity index (χ4n) is 2.73. The smallest absolute Gasteiger partial charge is 0.224 e. The number of hydrogen-bond donors (Lipinski definition) is 1. The molecule has 6 heteroatoms. The minimum absolute atomic E-state index is 0.0789. The molecule has 0 saturated heterocycles. The number of hydrogen-bond acceptors (Lipinski definition) is 4. The van der Waals surface area contributed by atoms with E-state index < -0.39 is 0 Å². The highest BCUT2D eigenvalue weighted by atomic mass is 16.4. The Kier molecular flexibility index (Phi) is 4.78. The third-order valence-electron chi connectivity index (χ3n) is 4.13. The molecule has 2 aromatic carbocycles. The third-order valence-corrected chi connectivity index (χ3v) is 4.13. The van der Waals surface area contributed by atoms with E-state index in [-0.39, 0.29) is 5.91 Å². The van der Waals surface area contributed by atoms with Crippen molar-refractivity contribution in [2.24, 2.45) is 0 Å². The van der Waals surface area contributed by atoms with Gasteiger partial charge in [-0.1, -0.05) is 30.3 Å². The summed E-state index contributed by atoms with van der Waals surface area (Å²) in [5, 5.41) is 2.89. The number of rotatable bonds is 6. The minimum Gasteiger partial charge on any atom is -0.441 e. The van der Waals surface area contributed by atoms with Crippen LogP contribution in [-0.4, -0.2) is 20.4 Å². The van der Waals surface area contributed by atoms with Crippen LogP contribution in [0.25, 0.3) is 17.0 Å². The van der Waals surface area contributed by atoms with Gasteiger partial charge in [0.1, 0.15) is 0 Å². The van der Waals surface area contributed by atoms with Crippen molar-refractivity contribution >= 4 is 11.6 Å². The largest absolute Gasteiger partial charge is 0.441 e. The summed E-state index contributed by atoms with van der Waals surface area (Å²) >= 11 is 0. The van der Waals surface area contributed by atoms with Gasteiger partial charge in [-0.05, 0) is 24.3 Å². The van der Waals surface area contributed by atoms with Crippen molar-refractivity contribution < 1.29 is 9.21 Å². The quantitative estimate of drug-likeness (QED) is 0.563. The van der Waals surface area contributed by atoms with E-state index in [4.69, 9.17) is 4.42 Å². The van der Waals surface area contributed by atoms with Gasteiger partial charge in [-0.3, -0.25) is 4.79 Å². The number of carbonyl (C=O) groups excluding carboxylic acids is 1. The zero-order valence-corrected chi connectivity index (χ0v) is 14.6. The maximum absolute atomic E-state index is 12.2. The van der Waals surface area contributed by atoms with Gasteiger partial charge in [0.2, 0.25) is 5.91 Å². The topological polar surface area (TPSA) is 73.0 Å². The van der Waals surface area contributed by atoms with Crippen molar-refractivity contribution in [2.45, 2.75) is 12.8 Å². The summed E-state index contributed by atoms with van der Waals surface area (Å²) in [6, 6.07) is 17.4. The molecule has 0 aliphatic rings. The molecular formula is C21H18N4O2. The number of nitrogens with one attached hydrogen (secondary N) is 1. The molecule has 0 atom stereocenters. The molecule has 0 saturated carbocycles. The van der Waals surface area contributed by atoms with Crippen LogP contribution in [0.5, 0.6) is 0 Å². The second kappa shape index (κ2) is 7.70. The van der Waals surface area contributed by atoms with E-state index in [2.05, 4.69) is 15.3 Å². The molecule has 0 aliphatic heterocycles. The molecule has 0 spiro atoms. The van der Waals surface area contributed by atoms with E-state index >= 15 is 0 Å². The van der Waals surface area contributed by atoms with E-state index in [0.29, 0.717) is 24.5 Å². The summed E-state index contributed by atoms with van der Waals surface area (Å²) in [7, 11) is 0. The molecule has 1 amide bonds. The average molecular weight is 358 g/mol. The lowest BCUT2D eigenvalue weighted by Gasteiger charge is -2.06. The van der Waals surface area contributed by atoms with Gasteiger partial charge >= 0.3 is 0 Å². The maximum atomic E-state index is 12.2. The first-order chi connectivity index (χ1) is 13.3. The molecule has 0 bridgehead atoms. The Morgan fingerprint density at radius 3 is 2.63 bits per heavy atom. The summed E-state index contributed by atoms with van der Waals surface area (Å²) in [4.78, 5) is 20.5. The number of aromatic nitrogens is 3. The van der Waals surface area contributed by atoms with E-state index in [1.807, 2.05) is 65.4 Å². The molecule has 2 aromatic heterocycles. The van der Waals surface area contributed by atoms with Crippen LogP contribution in [0.2, 0.25) is 0 Å². The minimum atomic E-state index is -0.0789. The lowest BCUT2D eigenvalue weighted by Crippen LogP contribution is -2.12. The van der Waals surface area contributed by atoms with Gasteiger partial charge in [0.25, 0.3) is 0 Å². The Morgan fingerprint density at radius 2 is 1.89 bits per heavy atom. The van der Waals surface area contributed by atoms with E-state index in [0.717, 1.165) is 16.9 Å². The summed E-state index contributed by atoms with van der Waals surface area (Å²) in [5.41, 5.74) is 2.71. The van der Waals surface area contributed by atoms with Crippen LogP contribution < -0.4 is 5.32 Å². The Labute approximate surface area is 156 Å². The van der Waals surface area contributed by atoms with Crippen LogP contribution in [-0.2, 0) is 11.2 Å². The van der Waals surface area contributed by atoms with E-state index in [9.17, 15) is 4.79 Å². The highest BCUT2D eigenvalue weighted by molar-refractivity contribution is 5.90. The standard InChI is InChI=1S/C21H18N4O2/c26-20(24-17-6-8-18(9-7-17)25-13-12-22-15-25)10-11-21-23-14-19(27-21)16-4-2-1-3-5-16/h1-9,12-15H,10-11H2,(H,24,26). The summed E-state index contributed by atoms with van der Waals surface area (Å²) in [6.45, 7) is 0. The van der Waals surface area contributed by atoms with Crippen LogP contribution in [0, 0.1) is 0 Å². The molecule has 4 aromatic rings. The molecule has 134 valence electrons. The lowest BCUT2D eigenvalue weighted by atomic mass is 10.2. The number of oxazole rings is 1. The number of benzene rings is 2. The Bertz CT molecular complexity index is 1010. The Morgan fingerprint density at radius 1 is 1.07 bits per heavy atom. The molecule has 4 rings (SSSR count). The summed E-state index contributed by atoms with van der Waals surface area (Å²) in [5.74, 6) is 1.19. The molecular weight excluding hydrogens is 340 g/mol. The number of amides is 1. The maximum Gasteiger partial charge on any atom is 0.224 e. The van der Waals surface area contributed by atoms with E-state index in [1.54, 1.807) is 18.7 Å². The fraction of sp³-hybridized carbons (Fsp3) is 0.0952. The van der Waals surface area contributed by atoms with Crippen molar-refractivity contribution in [2.75, 3.05) is 5.32 Å². The molecule has 6 nitrogen and oxygen atoms in total. The average Bonchev–Trinajstić information content (AvgIpc) is 3.40. The molecule has 0 fully saturated rings. The first kappa shape index (κ1) is 16.8. The van der Waals surface area contributed by atoms with E-state index in [1.165, 1.54) is 0 Å². The molecule has 0 unspecified atom stereocenters. The molecule has 0 radical (unpaired) electrons. The van der Waals surface area contributed by atoms with Gasteiger partial charge in [0.05, 0.1) is 12.5 Å². The van der Waals surface area contributed by atoms with Crippen LogP contribution >= 0.6 is 0 Å². The van der Waals surface area contributed by atoms with Crippen LogP contribution in [0.1, 0.15) is 12.3 Å². The highest BCUT2D eigenvalue weighted by Crippen LogP contribution is 2.20. The van der Waals surface area contributed by atoms with Gasteiger partial charge in [-0.25, -0.2) is 9.97 Å². The van der Waals surface area contributed by atoms with Gasteiger partial charge in [0, 0.05) is 42.2 Å².